The lowest BCUT2D eigenvalue weighted by Crippen LogP contribution is -2.45. The average Bonchev–Trinajstić information content (AvgIpc) is 3.09. The Morgan fingerprint density at radius 2 is 2.05 bits per heavy atom. The Hall–Kier alpha value is -0.800. The standard InChI is InChI=1S/C16H28N2O/c1-5-14(17)16(15-9-6-12(4)19-15)18(11(2)3)10-13-7-8-13/h6,9,11,13-14,16H,5,7-8,10,17H2,1-4H3. The van der Waals surface area contributed by atoms with Gasteiger partial charge >= 0.3 is 0 Å². The molecule has 1 saturated carbocycles. The molecule has 0 aliphatic heterocycles. The van der Waals surface area contributed by atoms with Gasteiger partial charge in [0.15, 0.2) is 0 Å². The van der Waals surface area contributed by atoms with Crippen molar-refractivity contribution in [3.05, 3.63) is 23.7 Å². The summed E-state index contributed by atoms with van der Waals surface area (Å²) in [6.07, 6.45) is 3.71. The molecule has 2 rings (SSSR count). The van der Waals surface area contributed by atoms with Crippen LogP contribution >= 0.6 is 0 Å². The van der Waals surface area contributed by atoms with Gasteiger partial charge in [-0.1, -0.05) is 6.92 Å². The molecule has 2 atom stereocenters. The van der Waals surface area contributed by atoms with E-state index in [-0.39, 0.29) is 12.1 Å². The first-order valence-electron chi connectivity index (χ1n) is 7.60. The highest BCUT2D eigenvalue weighted by Gasteiger charge is 2.34. The number of furan rings is 1. The maximum absolute atomic E-state index is 6.39. The van der Waals surface area contributed by atoms with Crippen LogP contribution in [0.15, 0.2) is 16.5 Å². The van der Waals surface area contributed by atoms with E-state index < -0.39 is 0 Å². The van der Waals surface area contributed by atoms with Gasteiger partial charge in [-0.25, -0.2) is 0 Å². The Labute approximate surface area is 117 Å². The van der Waals surface area contributed by atoms with E-state index >= 15 is 0 Å². The minimum atomic E-state index is 0.131. The van der Waals surface area contributed by atoms with Crippen LogP contribution in [0.4, 0.5) is 0 Å². The van der Waals surface area contributed by atoms with Crippen molar-refractivity contribution in [2.24, 2.45) is 11.7 Å². The highest BCUT2D eigenvalue weighted by molar-refractivity contribution is 5.12. The van der Waals surface area contributed by atoms with E-state index in [0.29, 0.717) is 6.04 Å². The summed E-state index contributed by atoms with van der Waals surface area (Å²) in [4.78, 5) is 2.53. The second kappa shape index (κ2) is 6.10. The predicted molar refractivity (Wildman–Crippen MR) is 79.0 cm³/mol. The third-order valence-electron chi connectivity index (χ3n) is 4.12. The largest absolute Gasteiger partial charge is 0.465 e. The molecule has 0 saturated heterocycles. The molecule has 19 heavy (non-hydrogen) atoms. The summed E-state index contributed by atoms with van der Waals surface area (Å²) in [6, 6.07) is 4.97. The second-order valence-electron chi connectivity index (χ2n) is 6.20. The lowest BCUT2D eigenvalue weighted by atomic mass is 10.00. The Bertz CT molecular complexity index is 395. The first-order chi connectivity index (χ1) is 9.02. The third kappa shape index (κ3) is 3.61. The Morgan fingerprint density at radius 3 is 2.47 bits per heavy atom. The van der Waals surface area contributed by atoms with Crippen molar-refractivity contribution < 1.29 is 4.42 Å². The van der Waals surface area contributed by atoms with Gasteiger partial charge in [0.1, 0.15) is 11.5 Å². The van der Waals surface area contributed by atoms with Gasteiger partial charge in [0, 0.05) is 18.6 Å². The maximum Gasteiger partial charge on any atom is 0.122 e. The molecule has 1 aliphatic carbocycles. The molecule has 0 aromatic carbocycles. The normalized spacial score (nSPS) is 19.1. The molecule has 0 amide bonds. The van der Waals surface area contributed by atoms with Crippen LogP contribution < -0.4 is 5.73 Å². The minimum absolute atomic E-state index is 0.131. The molecule has 2 unspecified atom stereocenters. The van der Waals surface area contributed by atoms with Gasteiger partial charge in [-0.3, -0.25) is 4.90 Å². The molecule has 0 spiro atoms. The minimum Gasteiger partial charge on any atom is -0.465 e. The third-order valence-corrected chi connectivity index (χ3v) is 4.12. The summed E-state index contributed by atoms with van der Waals surface area (Å²) >= 11 is 0. The molecule has 2 N–H and O–H groups in total. The highest BCUT2D eigenvalue weighted by atomic mass is 16.3. The Kier molecular flexibility index (Phi) is 4.69. The molecule has 3 heteroatoms. The molecule has 0 radical (unpaired) electrons. The van der Waals surface area contributed by atoms with E-state index in [2.05, 4.69) is 31.7 Å². The summed E-state index contributed by atoms with van der Waals surface area (Å²) in [5, 5.41) is 0. The Balaban J connectivity index is 2.22. The zero-order valence-corrected chi connectivity index (χ0v) is 12.7. The van der Waals surface area contributed by atoms with Crippen LogP contribution in [0, 0.1) is 12.8 Å². The van der Waals surface area contributed by atoms with Gasteiger partial charge < -0.3 is 10.2 Å². The molecule has 1 aliphatic rings. The first-order valence-corrected chi connectivity index (χ1v) is 7.60. The average molecular weight is 264 g/mol. The first kappa shape index (κ1) is 14.6. The fraction of sp³-hybridized carbons (Fsp3) is 0.750. The van der Waals surface area contributed by atoms with Crippen molar-refractivity contribution in [1.82, 2.24) is 4.90 Å². The molecular weight excluding hydrogens is 236 g/mol. The van der Waals surface area contributed by atoms with Crippen molar-refractivity contribution in [1.29, 1.82) is 0 Å². The van der Waals surface area contributed by atoms with E-state index in [0.717, 1.165) is 30.4 Å². The molecule has 108 valence electrons. The van der Waals surface area contributed by atoms with Crippen LogP contribution in [0.1, 0.15) is 57.6 Å². The Morgan fingerprint density at radius 1 is 1.37 bits per heavy atom. The van der Waals surface area contributed by atoms with Gasteiger partial charge in [-0.2, -0.15) is 0 Å². The van der Waals surface area contributed by atoms with Crippen molar-refractivity contribution in [3.8, 4) is 0 Å². The lowest BCUT2D eigenvalue weighted by Gasteiger charge is -2.37. The summed E-state index contributed by atoms with van der Waals surface area (Å²) in [6.45, 7) is 9.82. The summed E-state index contributed by atoms with van der Waals surface area (Å²) in [5.74, 6) is 2.87. The monoisotopic (exact) mass is 264 g/mol. The summed E-state index contributed by atoms with van der Waals surface area (Å²) < 4.78 is 5.88. The second-order valence-corrected chi connectivity index (χ2v) is 6.20. The van der Waals surface area contributed by atoms with Crippen molar-refractivity contribution in [3.63, 3.8) is 0 Å². The van der Waals surface area contributed by atoms with Crippen LogP contribution in [0.25, 0.3) is 0 Å². The number of hydrogen-bond acceptors (Lipinski definition) is 3. The zero-order chi connectivity index (χ0) is 14.0. The van der Waals surface area contributed by atoms with Crippen LogP contribution in [0.2, 0.25) is 0 Å². The quantitative estimate of drug-likeness (QED) is 0.819. The maximum atomic E-state index is 6.39. The van der Waals surface area contributed by atoms with Crippen LogP contribution in [-0.4, -0.2) is 23.5 Å². The molecule has 0 bridgehead atoms. The van der Waals surface area contributed by atoms with Gasteiger partial charge in [0.05, 0.1) is 6.04 Å². The van der Waals surface area contributed by atoms with E-state index in [9.17, 15) is 0 Å². The molecular formula is C16H28N2O. The van der Waals surface area contributed by atoms with Gasteiger partial charge in [-0.15, -0.1) is 0 Å². The lowest BCUT2D eigenvalue weighted by molar-refractivity contribution is 0.106. The number of aryl methyl sites for hydroxylation is 1. The summed E-state index contributed by atoms with van der Waals surface area (Å²) in [5.41, 5.74) is 6.39. The van der Waals surface area contributed by atoms with Crippen molar-refractivity contribution >= 4 is 0 Å². The zero-order valence-electron chi connectivity index (χ0n) is 12.7. The van der Waals surface area contributed by atoms with E-state index in [1.54, 1.807) is 0 Å². The predicted octanol–water partition coefficient (Wildman–Crippen LogP) is 3.49. The van der Waals surface area contributed by atoms with Crippen LogP contribution in [-0.2, 0) is 0 Å². The van der Waals surface area contributed by atoms with Gasteiger partial charge in [0.2, 0.25) is 0 Å². The number of nitrogens with zero attached hydrogens (tertiary/aromatic N) is 1. The highest BCUT2D eigenvalue weighted by Crippen LogP contribution is 2.35. The van der Waals surface area contributed by atoms with Crippen molar-refractivity contribution in [2.75, 3.05) is 6.54 Å². The van der Waals surface area contributed by atoms with Crippen LogP contribution in [0.3, 0.4) is 0 Å². The number of nitrogens with two attached hydrogens (primary N) is 1. The number of hydrogen-bond donors (Lipinski definition) is 1. The van der Waals surface area contributed by atoms with E-state index in [1.165, 1.54) is 12.8 Å². The molecule has 3 nitrogen and oxygen atoms in total. The molecule has 1 fully saturated rings. The fourth-order valence-corrected chi connectivity index (χ4v) is 2.70. The molecule has 1 heterocycles. The van der Waals surface area contributed by atoms with Crippen molar-refractivity contribution in [2.45, 2.75) is 65.1 Å². The van der Waals surface area contributed by atoms with Gasteiger partial charge in [-0.05, 0) is 58.1 Å². The van der Waals surface area contributed by atoms with E-state index in [4.69, 9.17) is 10.2 Å². The number of rotatable bonds is 7. The van der Waals surface area contributed by atoms with Crippen LogP contribution in [0.5, 0.6) is 0 Å². The van der Waals surface area contributed by atoms with Gasteiger partial charge in [0.25, 0.3) is 0 Å². The SMILES string of the molecule is CCC(N)C(c1ccc(C)o1)N(CC1CC1)C(C)C. The van der Waals surface area contributed by atoms with E-state index in [1.807, 2.05) is 13.0 Å². The fourth-order valence-electron chi connectivity index (χ4n) is 2.70. The molecule has 1 aromatic heterocycles. The topological polar surface area (TPSA) is 42.4 Å². The smallest absolute Gasteiger partial charge is 0.122 e. The molecule has 1 aromatic rings. The summed E-state index contributed by atoms with van der Waals surface area (Å²) in [7, 11) is 0.